The van der Waals surface area contributed by atoms with Gasteiger partial charge < -0.3 is 46.8 Å². The topological polar surface area (TPSA) is 356 Å². The van der Waals surface area contributed by atoms with Gasteiger partial charge in [0, 0.05) is 5.92 Å². The summed E-state index contributed by atoms with van der Waals surface area (Å²) in [4.78, 5) is 87.2. The lowest BCUT2D eigenvalue weighted by Gasteiger charge is -2.36. The van der Waals surface area contributed by atoms with Crippen molar-refractivity contribution < 1.29 is 185 Å². The highest BCUT2D eigenvalue weighted by molar-refractivity contribution is 7.86. The van der Waals surface area contributed by atoms with Gasteiger partial charge in [0.2, 0.25) is 0 Å². The van der Waals surface area contributed by atoms with E-state index in [1.54, 1.807) is 0 Å². The number of hydrogen-bond donors (Lipinski definition) is 0. The quantitative estimate of drug-likeness (QED) is 0.0240. The minimum absolute atomic E-state index is 0.0185. The number of alkyl halides is 18. The molecule has 0 aromatic heterocycles. The number of ether oxygens (including phenoxy) is 7. The molecule has 23 nitrogen and oxygen atoms in total. The van der Waals surface area contributed by atoms with Crippen LogP contribution < -0.4 is 14.2 Å². The van der Waals surface area contributed by atoms with Crippen LogP contribution in [0, 0.1) is 47.3 Å². The molecule has 0 amide bonds. The first-order valence-corrected chi connectivity index (χ1v) is 35.8. The average molecular weight is 1610 g/mol. The second-order valence-electron chi connectivity index (χ2n) is 25.6. The van der Waals surface area contributed by atoms with E-state index in [4.69, 9.17) is 42.5 Å². The Hall–Kier alpha value is -7.39. The van der Waals surface area contributed by atoms with Crippen molar-refractivity contribution in [3.8, 4) is 17.2 Å². The van der Waals surface area contributed by atoms with E-state index in [1.165, 1.54) is 0 Å². The van der Waals surface area contributed by atoms with Crippen LogP contribution in [0.1, 0.15) is 118 Å². The van der Waals surface area contributed by atoms with Crippen LogP contribution in [0.4, 0.5) is 79.0 Å². The summed E-state index contributed by atoms with van der Waals surface area (Å²) >= 11 is 0. The van der Waals surface area contributed by atoms with E-state index in [2.05, 4.69) is 14.2 Å². The Morgan fingerprint density at radius 2 is 0.785 bits per heavy atom. The van der Waals surface area contributed by atoms with Gasteiger partial charge in [0.1, 0.15) is 23.4 Å². The van der Waals surface area contributed by atoms with Crippen LogP contribution in [-0.4, -0.2) is 181 Å². The lowest BCUT2D eigenvalue weighted by molar-refractivity contribution is -0.356. The maximum atomic E-state index is 13.5. The Kier molecular flexibility index (Phi) is 25.6. The van der Waals surface area contributed by atoms with Gasteiger partial charge in [-0.2, -0.15) is 79.0 Å². The smallest absolute Gasteiger partial charge is 0.438 e. The molecule has 9 rings (SSSR count). The number of benzene rings is 3. The van der Waals surface area contributed by atoms with Crippen molar-refractivity contribution in [2.24, 2.45) is 47.3 Å². The highest BCUT2D eigenvalue weighted by Crippen LogP contribution is 2.59. The van der Waals surface area contributed by atoms with Crippen LogP contribution in [0.15, 0.2) is 54.6 Å². The van der Waals surface area contributed by atoms with Crippen molar-refractivity contribution in [2.45, 2.75) is 150 Å². The van der Waals surface area contributed by atoms with E-state index in [0.29, 0.717) is 62.3 Å². The van der Waals surface area contributed by atoms with E-state index >= 15 is 0 Å². The number of carbonyl (C=O) groups excluding carboxylic acids is 7. The van der Waals surface area contributed by atoms with Crippen LogP contribution in [0.3, 0.4) is 0 Å². The summed E-state index contributed by atoms with van der Waals surface area (Å²) in [7, 11) is -1.97. The number of esters is 7. The van der Waals surface area contributed by atoms with Gasteiger partial charge in [-0.05, 0) is 116 Å². The first-order valence-electron chi connectivity index (χ1n) is 31.1. The minimum Gasteiger partial charge on any atom is -0.748 e. The molecule has 6 fully saturated rings. The monoisotopic (exact) mass is 1610 g/mol. The lowest BCUT2D eigenvalue weighted by Crippen LogP contribution is -2.63. The predicted octanol–water partition coefficient (Wildman–Crippen LogP) is 8.69. The molecule has 4 bridgehead atoms. The maximum absolute atomic E-state index is 13.5. The van der Waals surface area contributed by atoms with Crippen LogP contribution in [0.2, 0.25) is 0 Å². The molecular formula is C60H52B3F18O23S3-3. The molecule has 0 N–H and O–H groups in total. The number of rotatable bonds is 21. The third kappa shape index (κ3) is 19.4. The molecule has 586 valence electrons. The molecule has 1 aliphatic heterocycles. The summed E-state index contributed by atoms with van der Waals surface area (Å²) in [5, 5.41) is 0. The Balaban J connectivity index is 0.000000224. The van der Waals surface area contributed by atoms with Crippen molar-refractivity contribution in [2.75, 3.05) is 17.3 Å². The fraction of sp³-hybridized carbons (Fsp3) is 0.583. The molecule has 107 heavy (non-hydrogen) atoms. The van der Waals surface area contributed by atoms with Gasteiger partial charge in [-0.1, -0.05) is 62.8 Å². The lowest BCUT2D eigenvalue weighted by atomic mass is 9.80. The molecule has 3 aromatic rings. The average Bonchev–Trinajstić information content (AvgIpc) is 1.39. The first-order chi connectivity index (χ1) is 48.9. The van der Waals surface area contributed by atoms with Gasteiger partial charge in [-0.3, -0.25) is 19.2 Å². The summed E-state index contributed by atoms with van der Waals surface area (Å²) < 4.78 is 371. The number of fused-ring (bicyclic) bond motifs is 3. The molecule has 1 saturated heterocycles. The highest BCUT2D eigenvalue weighted by atomic mass is 32.2. The summed E-state index contributed by atoms with van der Waals surface area (Å²) in [6, 6.07) is 7.19. The van der Waals surface area contributed by atoms with Crippen molar-refractivity contribution in [3.63, 3.8) is 0 Å². The molecule has 6 aliphatic rings. The minimum atomic E-state index is -6.56. The summed E-state index contributed by atoms with van der Waals surface area (Å²) in [5.41, 5.74) is -19.5. The SMILES string of the molecule is [B]Cc1ccc(C(=O)OC(CS(=O)(=O)[O-])(C(F)(F)F)C(F)(F)F)cc1OC(=O)C1C2CC3OC(=O)C1C3C2.[B]Cc1ccc(C(=O)OC(CS(=O)(=O)[O-])(C(F)(F)F)C(F)(F)F)cc1OC(=O)C1CC2CCC1C2.[B]Cc1ccc(C(=O)OC(CS(=O)(=O)[O-])(C(F)(F)F)C(F)(F)F)cc1OC(=O)C1CCCCC1. The highest BCUT2D eigenvalue weighted by Gasteiger charge is 2.78. The first kappa shape index (κ1) is 86.8. The van der Waals surface area contributed by atoms with Crippen LogP contribution in [0.25, 0.3) is 0 Å². The second-order valence-corrected chi connectivity index (χ2v) is 29.8. The van der Waals surface area contributed by atoms with Crippen molar-refractivity contribution in [3.05, 3.63) is 88.0 Å². The van der Waals surface area contributed by atoms with Gasteiger partial charge >= 0.3 is 95.6 Å². The van der Waals surface area contributed by atoms with Crippen molar-refractivity contribution in [1.82, 2.24) is 0 Å². The molecule has 8 unspecified atom stereocenters. The second kappa shape index (κ2) is 31.5. The zero-order valence-electron chi connectivity index (χ0n) is 54.1. The van der Waals surface area contributed by atoms with Gasteiger partial charge in [0.05, 0.1) is 112 Å². The van der Waals surface area contributed by atoms with Crippen LogP contribution in [0.5, 0.6) is 17.2 Å². The Morgan fingerprint density at radius 3 is 1.09 bits per heavy atom. The molecule has 5 aliphatic carbocycles. The molecule has 1 heterocycles. The van der Waals surface area contributed by atoms with E-state index < -0.39 is 189 Å². The zero-order valence-corrected chi connectivity index (χ0v) is 56.5. The van der Waals surface area contributed by atoms with Crippen LogP contribution >= 0.6 is 0 Å². The van der Waals surface area contributed by atoms with E-state index in [9.17, 15) is 152 Å². The Bertz CT molecular complexity index is 4200. The molecular weight excluding hydrogens is 1560 g/mol. The molecule has 8 atom stereocenters. The molecule has 0 spiro atoms. The van der Waals surface area contributed by atoms with Crippen molar-refractivity contribution >= 4 is 95.7 Å². The molecule has 6 radical (unpaired) electrons. The molecule has 47 heteroatoms. The maximum Gasteiger partial charge on any atom is 0.438 e. The predicted molar refractivity (Wildman–Crippen MR) is 318 cm³/mol. The third-order valence-corrected chi connectivity index (χ3v) is 20.9. The van der Waals surface area contributed by atoms with Gasteiger partial charge in [-0.15, -0.1) is 0 Å². The summed E-state index contributed by atoms with van der Waals surface area (Å²) in [6.07, 6.45) is -32.7. The summed E-state index contributed by atoms with van der Waals surface area (Å²) in [5.74, 6) is -23.0. The Morgan fingerprint density at radius 1 is 0.439 bits per heavy atom. The van der Waals surface area contributed by atoms with Crippen molar-refractivity contribution in [1.29, 1.82) is 0 Å². The number of halogens is 18. The Labute approximate surface area is 597 Å². The normalized spacial score (nSPS) is 22.1. The largest absolute Gasteiger partial charge is 0.748 e. The number of carbonyl (C=O) groups is 7. The van der Waals surface area contributed by atoms with Gasteiger partial charge in [-0.25, -0.2) is 39.6 Å². The number of hydrogen-bond acceptors (Lipinski definition) is 23. The van der Waals surface area contributed by atoms with E-state index in [0.717, 1.165) is 68.9 Å². The zero-order chi connectivity index (χ0) is 80.8. The summed E-state index contributed by atoms with van der Waals surface area (Å²) in [6.45, 7) is 0. The third-order valence-electron chi connectivity index (χ3n) is 18.6. The van der Waals surface area contributed by atoms with E-state index in [-0.39, 0.29) is 71.0 Å². The van der Waals surface area contributed by atoms with E-state index in [1.807, 2.05) is 0 Å². The fourth-order valence-electron chi connectivity index (χ4n) is 13.4. The van der Waals surface area contributed by atoms with Gasteiger partial charge in [0.25, 0.3) is 0 Å². The standard InChI is InChI=1S/C21H17BF6O9S.C20H19BF6O7S.C19H19BF6O7S/c22-6-9-2-1-8(16(29)37-19(20(23,24)25,21(26,27)28)7-38(32,33)34)4-12(9)35-17(30)14-10-3-11-13(5-10)36-18(31)15(11)14;21-8-13-4-3-12(7-15(13)33-17(29)14-6-10-1-2-11(14)5-10)16(28)34-18(19(22,23)24,20(25,26)27)9-35(30,31)32;20-9-13-7-6-12(8-14(13)32-15(27)11-4-2-1-3-5-11)16(28)33-17(18(21,22)23,19(24,25)26)10-34(29,30)31/h1-2,4,10-11,13-15H,3,5-7H2,(H,32,33,34);3-4,7,10-11,14H,1-2,5-6,8-9H2,(H,30,31,32);6-8,11H,1-5,9-10H2,(H,29,30,31)/p-3. The fourth-order valence-corrected chi connectivity index (χ4v) is 16.0. The molecule has 3 aromatic carbocycles. The molecule has 5 saturated carbocycles. The van der Waals surface area contributed by atoms with Gasteiger partial charge in [0.15, 0.2) is 0 Å². The van der Waals surface area contributed by atoms with Crippen LogP contribution in [-0.2, 0) is 87.4 Å².